The highest BCUT2D eigenvalue weighted by Crippen LogP contribution is 2.26. The molecule has 0 saturated heterocycles. The third kappa shape index (κ3) is 3.18. The Balaban J connectivity index is 1.99. The first-order chi connectivity index (χ1) is 10.5. The molecule has 0 unspecified atom stereocenters. The Hall–Kier alpha value is -1.78. The predicted octanol–water partition coefficient (Wildman–Crippen LogP) is 5.13. The Morgan fingerprint density at radius 3 is 2.82 bits per heavy atom. The lowest BCUT2D eigenvalue weighted by molar-refractivity contribution is 0.559. The number of halogens is 2. The number of hydrogen-bond acceptors (Lipinski definition) is 3. The van der Waals surface area contributed by atoms with Crippen molar-refractivity contribution in [3.05, 3.63) is 73.5 Å². The number of aryl methyl sites for hydroxylation is 1. The van der Waals surface area contributed by atoms with E-state index in [1.807, 2.05) is 37.3 Å². The lowest BCUT2D eigenvalue weighted by Crippen LogP contribution is -2.06. The Labute approximate surface area is 141 Å². The minimum atomic E-state index is -0.361. The van der Waals surface area contributed by atoms with Crippen LogP contribution < -0.4 is 10.9 Å². The van der Waals surface area contributed by atoms with Crippen LogP contribution in [0.5, 0.6) is 0 Å². The van der Waals surface area contributed by atoms with Crippen LogP contribution in [-0.4, -0.2) is 0 Å². The molecule has 0 bridgehead atoms. The predicted molar refractivity (Wildman–Crippen MR) is 93.7 cm³/mol. The van der Waals surface area contributed by atoms with E-state index in [9.17, 15) is 4.79 Å². The van der Waals surface area contributed by atoms with Gasteiger partial charge < -0.3 is 9.73 Å². The van der Waals surface area contributed by atoms with Gasteiger partial charge in [0.2, 0.25) is 0 Å². The molecule has 5 heteroatoms. The SMILES string of the molecule is Cc1cc2oc(=O)cc(CNc3cccc(Br)c3)c2cc1Cl. The van der Waals surface area contributed by atoms with Crippen molar-refractivity contribution in [1.82, 2.24) is 0 Å². The van der Waals surface area contributed by atoms with Crippen LogP contribution in [-0.2, 0) is 6.54 Å². The average Bonchev–Trinajstić information content (AvgIpc) is 2.47. The van der Waals surface area contributed by atoms with E-state index in [1.54, 1.807) is 6.07 Å². The molecule has 0 radical (unpaired) electrons. The maximum absolute atomic E-state index is 11.7. The molecular weight excluding hydrogens is 366 g/mol. The maximum Gasteiger partial charge on any atom is 0.336 e. The summed E-state index contributed by atoms with van der Waals surface area (Å²) in [5.74, 6) is 0. The van der Waals surface area contributed by atoms with Crippen LogP contribution >= 0.6 is 27.5 Å². The summed E-state index contributed by atoms with van der Waals surface area (Å²) in [5.41, 5.74) is 2.90. The zero-order valence-corrected chi connectivity index (χ0v) is 14.2. The Kier molecular flexibility index (Phi) is 4.23. The topological polar surface area (TPSA) is 42.2 Å². The molecule has 1 N–H and O–H groups in total. The van der Waals surface area contributed by atoms with E-state index in [0.29, 0.717) is 17.2 Å². The van der Waals surface area contributed by atoms with E-state index >= 15 is 0 Å². The van der Waals surface area contributed by atoms with Crippen LogP contribution in [0.3, 0.4) is 0 Å². The van der Waals surface area contributed by atoms with Crippen molar-refractivity contribution in [1.29, 1.82) is 0 Å². The smallest absolute Gasteiger partial charge is 0.336 e. The normalized spacial score (nSPS) is 10.9. The summed E-state index contributed by atoms with van der Waals surface area (Å²) in [6.07, 6.45) is 0. The fourth-order valence-electron chi connectivity index (χ4n) is 2.29. The molecule has 0 saturated carbocycles. The molecule has 2 aromatic carbocycles. The van der Waals surface area contributed by atoms with E-state index in [2.05, 4.69) is 21.2 Å². The van der Waals surface area contributed by atoms with Crippen molar-refractivity contribution in [3.8, 4) is 0 Å². The van der Waals surface area contributed by atoms with E-state index in [-0.39, 0.29) is 5.63 Å². The molecule has 0 aliphatic rings. The van der Waals surface area contributed by atoms with Gasteiger partial charge in [0.15, 0.2) is 0 Å². The zero-order chi connectivity index (χ0) is 15.7. The molecule has 0 aliphatic carbocycles. The van der Waals surface area contributed by atoms with Gasteiger partial charge in [-0.15, -0.1) is 0 Å². The van der Waals surface area contributed by atoms with Crippen molar-refractivity contribution in [2.75, 3.05) is 5.32 Å². The standard InChI is InChI=1S/C17H13BrClNO2/c1-10-5-16-14(8-15(10)19)11(6-17(21)22-16)9-20-13-4-2-3-12(18)7-13/h2-8,20H,9H2,1H3. The number of hydrogen-bond donors (Lipinski definition) is 1. The second kappa shape index (κ2) is 6.15. The number of benzene rings is 2. The molecular formula is C17H13BrClNO2. The van der Waals surface area contributed by atoms with Gasteiger partial charge in [-0.3, -0.25) is 0 Å². The van der Waals surface area contributed by atoms with Crippen molar-refractivity contribution in [2.24, 2.45) is 0 Å². The number of fused-ring (bicyclic) bond motifs is 1. The van der Waals surface area contributed by atoms with Gasteiger partial charge in [0.25, 0.3) is 0 Å². The minimum Gasteiger partial charge on any atom is -0.423 e. The van der Waals surface area contributed by atoms with Crippen LogP contribution in [0.2, 0.25) is 5.02 Å². The third-order valence-electron chi connectivity index (χ3n) is 3.42. The fourth-order valence-corrected chi connectivity index (χ4v) is 2.85. The van der Waals surface area contributed by atoms with Crippen LogP contribution in [0.15, 0.2) is 56.1 Å². The number of rotatable bonds is 3. The summed E-state index contributed by atoms with van der Waals surface area (Å²) >= 11 is 9.63. The Morgan fingerprint density at radius 1 is 1.23 bits per heavy atom. The number of anilines is 1. The summed E-state index contributed by atoms with van der Waals surface area (Å²) in [4.78, 5) is 11.7. The minimum absolute atomic E-state index is 0.361. The first-order valence-electron chi connectivity index (χ1n) is 6.75. The largest absolute Gasteiger partial charge is 0.423 e. The second-order valence-corrected chi connectivity index (χ2v) is 6.38. The molecule has 3 nitrogen and oxygen atoms in total. The van der Waals surface area contributed by atoms with Gasteiger partial charge in [0.1, 0.15) is 5.58 Å². The molecule has 3 aromatic rings. The monoisotopic (exact) mass is 377 g/mol. The summed E-state index contributed by atoms with van der Waals surface area (Å²) in [5, 5.41) is 4.80. The van der Waals surface area contributed by atoms with Gasteiger partial charge >= 0.3 is 5.63 Å². The van der Waals surface area contributed by atoms with Crippen LogP contribution in [0, 0.1) is 6.92 Å². The molecule has 22 heavy (non-hydrogen) atoms. The van der Waals surface area contributed by atoms with Crippen LogP contribution in [0.25, 0.3) is 11.0 Å². The van der Waals surface area contributed by atoms with Gasteiger partial charge in [0, 0.05) is 33.2 Å². The number of nitrogens with one attached hydrogen (secondary N) is 1. The van der Waals surface area contributed by atoms with E-state index in [4.69, 9.17) is 16.0 Å². The van der Waals surface area contributed by atoms with Crippen molar-refractivity contribution >= 4 is 44.2 Å². The van der Waals surface area contributed by atoms with Crippen LogP contribution in [0.1, 0.15) is 11.1 Å². The molecule has 1 aromatic heterocycles. The van der Waals surface area contributed by atoms with Gasteiger partial charge in [-0.1, -0.05) is 33.6 Å². The van der Waals surface area contributed by atoms with Gasteiger partial charge in [-0.25, -0.2) is 4.79 Å². The highest BCUT2D eigenvalue weighted by atomic mass is 79.9. The molecule has 112 valence electrons. The summed E-state index contributed by atoms with van der Waals surface area (Å²) in [6.45, 7) is 2.39. The first-order valence-corrected chi connectivity index (χ1v) is 7.92. The van der Waals surface area contributed by atoms with Crippen LogP contribution in [0.4, 0.5) is 5.69 Å². The van der Waals surface area contributed by atoms with E-state index in [0.717, 1.165) is 26.7 Å². The van der Waals surface area contributed by atoms with Gasteiger partial charge in [-0.05, 0) is 48.4 Å². The quantitative estimate of drug-likeness (QED) is 0.642. The molecule has 0 aliphatic heterocycles. The van der Waals surface area contributed by atoms with Crippen molar-refractivity contribution in [2.45, 2.75) is 13.5 Å². The van der Waals surface area contributed by atoms with Gasteiger partial charge in [0.05, 0.1) is 0 Å². The summed E-state index contributed by atoms with van der Waals surface area (Å²) in [6, 6.07) is 13.0. The molecule has 1 heterocycles. The summed E-state index contributed by atoms with van der Waals surface area (Å²) < 4.78 is 6.25. The van der Waals surface area contributed by atoms with E-state index < -0.39 is 0 Å². The van der Waals surface area contributed by atoms with Crippen molar-refractivity contribution in [3.63, 3.8) is 0 Å². The first kappa shape index (κ1) is 15.1. The molecule has 0 spiro atoms. The Morgan fingerprint density at radius 2 is 2.05 bits per heavy atom. The highest BCUT2D eigenvalue weighted by Gasteiger charge is 2.08. The fraction of sp³-hybridized carbons (Fsp3) is 0.118. The summed E-state index contributed by atoms with van der Waals surface area (Å²) in [7, 11) is 0. The molecule has 3 rings (SSSR count). The van der Waals surface area contributed by atoms with Crippen molar-refractivity contribution < 1.29 is 4.42 Å². The lowest BCUT2D eigenvalue weighted by Gasteiger charge is -2.10. The van der Waals surface area contributed by atoms with E-state index in [1.165, 1.54) is 6.07 Å². The second-order valence-electron chi connectivity index (χ2n) is 5.05. The third-order valence-corrected chi connectivity index (χ3v) is 4.32. The molecule has 0 fully saturated rings. The Bertz CT molecular complexity index is 905. The molecule has 0 atom stereocenters. The van der Waals surface area contributed by atoms with Gasteiger partial charge in [-0.2, -0.15) is 0 Å². The molecule has 0 amide bonds. The maximum atomic E-state index is 11.7. The highest BCUT2D eigenvalue weighted by molar-refractivity contribution is 9.10. The zero-order valence-electron chi connectivity index (χ0n) is 11.8. The lowest BCUT2D eigenvalue weighted by atomic mass is 10.1. The average molecular weight is 379 g/mol.